The Hall–Kier alpha value is -1.15. The Kier molecular flexibility index (Phi) is 4.76. The van der Waals surface area contributed by atoms with E-state index in [2.05, 4.69) is 18.7 Å². The molecule has 0 spiro atoms. The van der Waals surface area contributed by atoms with Gasteiger partial charge < -0.3 is 0 Å². The molecule has 1 saturated heterocycles. The maximum Gasteiger partial charge on any atom is 0.177 e. The van der Waals surface area contributed by atoms with Gasteiger partial charge in [-0.25, -0.2) is 0 Å². The summed E-state index contributed by atoms with van der Waals surface area (Å²) in [6, 6.07) is 7.89. The molecule has 2 heteroatoms. The van der Waals surface area contributed by atoms with Gasteiger partial charge in [-0.15, -0.1) is 0 Å². The van der Waals surface area contributed by atoms with Gasteiger partial charge >= 0.3 is 0 Å². The van der Waals surface area contributed by atoms with Crippen LogP contribution in [0.5, 0.6) is 0 Å². The van der Waals surface area contributed by atoms with E-state index in [0.29, 0.717) is 6.54 Å². The number of nitrogens with zero attached hydrogens (tertiary/aromatic N) is 1. The largest absolute Gasteiger partial charge is 0.296 e. The van der Waals surface area contributed by atoms with Crippen LogP contribution in [-0.4, -0.2) is 30.3 Å². The summed E-state index contributed by atoms with van der Waals surface area (Å²) in [5.74, 6) is 1.88. The van der Waals surface area contributed by atoms with E-state index in [4.69, 9.17) is 0 Å². The van der Waals surface area contributed by atoms with Gasteiger partial charge in [0.1, 0.15) is 0 Å². The highest BCUT2D eigenvalue weighted by Crippen LogP contribution is 2.24. The second kappa shape index (κ2) is 6.33. The summed E-state index contributed by atoms with van der Waals surface area (Å²) in [5.41, 5.74) is 1.97. The van der Waals surface area contributed by atoms with Crippen molar-refractivity contribution in [1.29, 1.82) is 0 Å². The molecule has 0 bridgehead atoms. The van der Waals surface area contributed by atoms with Gasteiger partial charge in [-0.2, -0.15) is 0 Å². The van der Waals surface area contributed by atoms with Gasteiger partial charge in [-0.3, -0.25) is 9.69 Å². The van der Waals surface area contributed by atoms with Crippen LogP contribution in [0.15, 0.2) is 24.3 Å². The predicted octanol–water partition coefficient (Wildman–Crippen LogP) is 3.55. The SMILES string of the molecule is Cc1ccccc1C(=O)CN1CCC(C(C)C)CC1. The topological polar surface area (TPSA) is 20.3 Å². The Bertz CT molecular complexity index is 431. The summed E-state index contributed by atoms with van der Waals surface area (Å²) in [6.45, 7) is 9.34. The van der Waals surface area contributed by atoms with Crippen molar-refractivity contribution in [2.45, 2.75) is 33.6 Å². The summed E-state index contributed by atoms with van der Waals surface area (Å²) in [6.07, 6.45) is 2.47. The second-order valence-corrected chi connectivity index (χ2v) is 6.10. The van der Waals surface area contributed by atoms with E-state index in [1.165, 1.54) is 12.8 Å². The maximum absolute atomic E-state index is 12.3. The highest BCUT2D eigenvalue weighted by molar-refractivity contribution is 5.98. The molecule has 0 radical (unpaired) electrons. The molecule has 19 heavy (non-hydrogen) atoms. The zero-order chi connectivity index (χ0) is 13.8. The minimum absolute atomic E-state index is 0.265. The van der Waals surface area contributed by atoms with Crippen LogP contribution in [-0.2, 0) is 0 Å². The first-order chi connectivity index (χ1) is 9.08. The molecule has 0 amide bonds. The highest BCUT2D eigenvalue weighted by Gasteiger charge is 2.23. The van der Waals surface area contributed by atoms with E-state index in [1.54, 1.807) is 0 Å². The number of benzene rings is 1. The predicted molar refractivity (Wildman–Crippen MR) is 79.5 cm³/mol. The molecule has 1 aromatic carbocycles. The minimum atomic E-state index is 0.265. The van der Waals surface area contributed by atoms with Crippen LogP contribution in [0, 0.1) is 18.8 Å². The number of aryl methyl sites for hydroxylation is 1. The van der Waals surface area contributed by atoms with Crippen molar-refractivity contribution in [1.82, 2.24) is 4.90 Å². The zero-order valence-electron chi connectivity index (χ0n) is 12.4. The fraction of sp³-hybridized carbons (Fsp3) is 0.588. The quantitative estimate of drug-likeness (QED) is 0.771. The van der Waals surface area contributed by atoms with Crippen molar-refractivity contribution in [2.75, 3.05) is 19.6 Å². The molecule has 0 aromatic heterocycles. The lowest BCUT2D eigenvalue weighted by molar-refractivity contribution is 0.0879. The number of carbonyl (C=O) groups excluding carboxylic acids is 1. The number of likely N-dealkylation sites (tertiary alicyclic amines) is 1. The Morgan fingerprint density at radius 3 is 2.47 bits per heavy atom. The summed E-state index contributed by atoms with van der Waals surface area (Å²) in [5, 5.41) is 0. The third kappa shape index (κ3) is 3.66. The molecule has 1 aliphatic heterocycles. The lowest BCUT2D eigenvalue weighted by atomic mass is 9.86. The normalized spacial score (nSPS) is 17.9. The summed E-state index contributed by atoms with van der Waals surface area (Å²) >= 11 is 0. The minimum Gasteiger partial charge on any atom is -0.296 e. The third-order valence-corrected chi connectivity index (χ3v) is 4.39. The van der Waals surface area contributed by atoms with Gasteiger partial charge in [0.15, 0.2) is 5.78 Å². The number of piperidine rings is 1. The molecular formula is C17H25NO. The Morgan fingerprint density at radius 1 is 1.26 bits per heavy atom. The van der Waals surface area contributed by atoms with Gasteiger partial charge in [-0.05, 0) is 50.3 Å². The fourth-order valence-corrected chi connectivity index (χ4v) is 2.95. The Labute approximate surface area is 116 Å². The van der Waals surface area contributed by atoms with Crippen LogP contribution < -0.4 is 0 Å². The average molecular weight is 259 g/mol. The van der Waals surface area contributed by atoms with Crippen LogP contribution in [0.1, 0.15) is 42.6 Å². The van der Waals surface area contributed by atoms with Crippen LogP contribution >= 0.6 is 0 Å². The lowest BCUT2D eigenvalue weighted by Gasteiger charge is -2.33. The number of hydrogen-bond donors (Lipinski definition) is 0. The molecule has 0 unspecified atom stereocenters. The van der Waals surface area contributed by atoms with Crippen LogP contribution in [0.2, 0.25) is 0 Å². The summed E-state index contributed by atoms with van der Waals surface area (Å²) in [4.78, 5) is 14.6. The summed E-state index contributed by atoms with van der Waals surface area (Å²) < 4.78 is 0. The van der Waals surface area contributed by atoms with E-state index < -0.39 is 0 Å². The standard InChI is InChI=1S/C17H25NO/c1-13(2)15-8-10-18(11-9-15)12-17(19)16-7-5-4-6-14(16)3/h4-7,13,15H,8-12H2,1-3H3. The zero-order valence-corrected chi connectivity index (χ0v) is 12.4. The average Bonchev–Trinajstić information content (AvgIpc) is 2.39. The van der Waals surface area contributed by atoms with Crippen LogP contribution in [0.3, 0.4) is 0 Å². The first-order valence-electron chi connectivity index (χ1n) is 7.39. The van der Waals surface area contributed by atoms with Gasteiger partial charge in [0, 0.05) is 5.56 Å². The molecule has 0 N–H and O–H groups in total. The smallest absolute Gasteiger partial charge is 0.177 e. The maximum atomic E-state index is 12.3. The molecule has 1 aromatic rings. The van der Waals surface area contributed by atoms with Gasteiger partial charge in [-0.1, -0.05) is 38.1 Å². The molecule has 104 valence electrons. The Morgan fingerprint density at radius 2 is 1.89 bits per heavy atom. The van der Waals surface area contributed by atoms with E-state index >= 15 is 0 Å². The molecule has 1 fully saturated rings. The molecule has 0 saturated carbocycles. The van der Waals surface area contributed by atoms with Gasteiger partial charge in [0.2, 0.25) is 0 Å². The van der Waals surface area contributed by atoms with Crippen LogP contribution in [0.25, 0.3) is 0 Å². The van der Waals surface area contributed by atoms with Crippen LogP contribution in [0.4, 0.5) is 0 Å². The lowest BCUT2D eigenvalue weighted by Crippen LogP contribution is -2.38. The summed E-state index contributed by atoms with van der Waals surface area (Å²) in [7, 11) is 0. The molecule has 1 aliphatic rings. The molecule has 2 rings (SSSR count). The van der Waals surface area contributed by atoms with E-state index in [1.807, 2.05) is 31.2 Å². The molecule has 0 aliphatic carbocycles. The fourth-order valence-electron chi connectivity index (χ4n) is 2.95. The van der Waals surface area contributed by atoms with Crippen molar-refractivity contribution in [3.8, 4) is 0 Å². The number of carbonyl (C=O) groups is 1. The van der Waals surface area contributed by atoms with Crippen molar-refractivity contribution in [3.05, 3.63) is 35.4 Å². The van der Waals surface area contributed by atoms with Crippen molar-refractivity contribution in [3.63, 3.8) is 0 Å². The second-order valence-electron chi connectivity index (χ2n) is 6.10. The van der Waals surface area contributed by atoms with Gasteiger partial charge in [0.25, 0.3) is 0 Å². The van der Waals surface area contributed by atoms with Crippen molar-refractivity contribution in [2.24, 2.45) is 11.8 Å². The number of hydrogen-bond acceptors (Lipinski definition) is 2. The van der Waals surface area contributed by atoms with E-state index in [0.717, 1.165) is 36.1 Å². The number of ketones is 1. The molecule has 2 nitrogen and oxygen atoms in total. The third-order valence-electron chi connectivity index (χ3n) is 4.39. The van der Waals surface area contributed by atoms with Crippen molar-refractivity contribution < 1.29 is 4.79 Å². The molecular weight excluding hydrogens is 234 g/mol. The monoisotopic (exact) mass is 259 g/mol. The number of rotatable bonds is 4. The number of Topliss-reactive ketones (excluding diaryl/α,β-unsaturated/α-hetero) is 1. The first kappa shape index (κ1) is 14.3. The highest BCUT2D eigenvalue weighted by atomic mass is 16.1. The molecule has 0 atom stereocenters. The van der Waals surface area contributed by atoms with E-state index in [-0.39, 0.29) is 5.78 Å². The first-order valence-corrected chi connectivity index (χ1v) is 7.39. The Balaban J connectivity index is 1.89. The molecule has 1 heterocycles. The van der Waals surface area contributed by atoms with Gasteiger partial charge in [0.05, 0.1) is 6.54 Å². The van der Waals surface area contributed by atoms with Crippen molar-refractivity contribution >= 4 is 5.78 Å². The van der Waals surface area contributed by atoms with E-state index in [9.17, 15) is 4.79 Å².